The average molecular weight is 381 g/mol. The number of hydrogen-bond acceptors (Lipinski definition) is 5. The molecule has 1 heterocycles. The van der Waals surface area contributed by atoms with Crippen molar-refractivity contribution in [1.29, 1.82) is 0 Å². The number of esters is 2. The Morgan fingerprint density at radius 2 is 1.64 bits per heavy atom. The maximum Gasteiger partial charge on any atom is 0.310 e. The van der Waals surface area contributed by atoms with Crippen molar-refractivity contribution in [2.75, 3.05) is 26.7 Å². The lowest BCUT2D eigenvalue weighted by atomic mass is 9.98. The summed E-state index contributed by atoms with van der Waals surface area (Å²) in [7, 11) is 1.41. The third kappa shape index (κ3) is 5.67. The summed E-state index contributed by atoms with van der Waals surface area (Å²) in [5.74, 6) is -0.373. The number of rotatable bonds is 7. The van der Waals surface area contributed by atoms with Crippen LogP contribution in [0.15, 0.2) is 54.6 Å². The van der Waals surface area contributed by atoms with E-state index in [1.54, 1.807) is 0 Å². The maximum absolute atomic E-state index is 12.5. The van der Waals surface area contributed by atoms with Crippen molar-refractivity contribution in [3.63, 3.8) is 0 Å². The molecule has 2 aromatic rings. The van der Waals surface area contributed by atoms with Crippen LogP contribution in [-0.4, -0.2) is 49.7 Å². The van der Waals surface area contributed by atoms with Crippen LogP contribution in [0.3, 0.4) is 0 Å². The van der Waals surface area contributed by atoms with Crippen molar-refractivity contribution in [3.05, 3.63) is 60.2 Å². The first-order valence-corrected chi connectivity index (χ1v) is 9.77. The number of ether oxygens (including phenoxy) is 2. The molecule has 0 spiro atoms. The molecule has 2 aromatic carbocycles. The lowest BCUT2D eigenvalue weighted by Crippen LogP contribution is -2.39. The van der Waals surface area contributed by atoms with Crippen molar-refractivity contribution in [2.45, 2.75) is 31.8 Å². The summed E-state index contributed by atoms with van der Waals surface area (Å²) in [6.07, 6.45) is 2.22. The molecule has 1 fully saturated rings. The predicted octanol–water partition coefficient (Wildman–Crippen LogP) is 3.47. The fraction of sp³-hybridized carbons (Fsp3) is 0.391. The Hall–Kier alpha value is -2.66. The van der Waals surface area contributed by atoms with Crippen molar-refractivity contribution < 1.29 is 19.1 Å². The zero-order valence-electron chi connectivity index (χ0n) is 16.3. The molecule has 0 N–H and O–H groups in total. The van der Waals surface area contributed by atoms with Gasteiger partial charge in [-0.25, -0.2) is 0 Å². The second kappa shape index (κ2) is 10.0. The van der Waals surface area contributed by atoms with Gasteiger partial charge in [0, 0.05) is 19.6 Å². The molecular weight excluding hydrogens is 354 g/mol. The highest BCUT2D eigenvalue weighted by atomic mass is 16.5. The zero-order chi connectivity index (χ0) is 19.8. The van der Waals surface area contributed by atoms with Crippen LogP contribution in [0.5, 0.6) is 0 Å². The smallest absolute Gasteiger partial charge is 0.310 e. The van der Waals surface area contributed by atoms with Gasteiger partial charge in [-0.15, -0.1) is 0 Å². The van der Waals surface area contributed by atoms with E-state index in [9.17, 15) is 9.59 Å². The standard InChI is InChI=1S/C23H27NO4/c1-27-22(25)13-16-24-14-11-20(12-15-24)28-23(26)17-19-9-5-6-10-21(19)18-7-3-2-4-8-18/h2-10,20H,11-17H2,1H3. The van der Waals surface area contributed by atoms with Gasteiger partial charge in [0.05, 0.1) is 20.0 Å². The SMILES string of the molecule is COC(=O)CCN1CCC(OC(=O)Cc2ccccc2-c2ccccc2)CC1. The van der Waals surface area contributed by atoms with Gasteiger partial charge >= 0.3 is 11.9 Å². The minimum Gasteiger partial charge on any atom is -0.469 e. The molecule has 0 aromatic heterocycles. The second-order valence-corrected chi connectivity index (χ2v) is 7.06. The van der Waals surface area contributed by atoms with E-state index in [0.29, 0.717) is 13.0 Å². The zero-order valence-corrected chi connectivity index (χ0v) is 16.3. The largest absolute Gasteiger partial charge is 0.469 e. The molecule has 0 saturated carbocycles. The van der Waals surface area contributed by atoms with Crippen LogP contribution < -0.4 is 0 Å². The summed E-state index contributed by atoms with van der Waals surface area (Å²) in [6, 6.07) is 18.0. The van der Waals surface area contributed by atoms with Crippen LogP contribution in [0.4, 0.5) is 0 Å². The molecule has 0 atom stereocenters. The van der Waals surface area contributed by atoms with Crippen LogP contribution in [0.2, 0.25) is 0 Å². The van der Waals surface area contributed by atoms with Gasteiger partial charge in [-0.1, -0.05) is 54.6 Å². The fourth-order valence-electron chi connectivity index (χ4n) is 3.56. The van der Waals surface area contributed by atoms with Gasteiger partial charge in [0.2, 0.25) is 0 Å². The molecule has 0 bridgehead atoms. The number of benzene rings is 2. The van der Waals surface area contributed by atoms with Crippen molar-refractivity contribution >= 4 is 11.9 Å². The Morgan fingerprint density at radius 1 is 0.964 bits per heavy atom. The maximum atomic E-state index is 12.5. The first-order valence-electron chi connectivity index (χ1n) is 9.77. The third-order valence-corrected chi connectivity index (χ3v) is 5.13. The minimum atomic E-state index is -0.189. The molecule has 0 amide bonds. The van der Waals surface area contributed by atoms with Crippen LogP contribution in [0.1, 0.15) is 24.8 Å². The molecule has 0 unspecified atom stereocenters. The summed E-state index contributed by atoms with van der Waals surface area (Å²) in [5.41, 5.74) is 3.15. The number of carbonyl (C=O) groups excluding carboxylic acids is 2. The third-order valence-electron chi connectivity index (χ3n) is 5.13. The number of carbonyl (C=O) groups is 2. The Kier molecular flexibility index (Phi) is 7.20. The van der Waals surface area contributed by atoms with Gasteiger partial charge in [-0.2, -0.15) is 0 Å². The Labute approximate surface area is 166 Å². The summed E-state index contributed by atoms with van der Waals surface area (Å²) in [6.45, 7) is 2.35. The van der Waals surface area contributed by atoms with E-state index < -0.39 is 0 Å². The van der Waals surface area contributed by atoms with E-state index >= 15 is 0 Å². The summed E-state index contributed by atoms with van der Waals surface area (Å²) >= 11 is 0. The summed E-state index contributed by atoms with van der Waals surface area (Å²) < 4.78 is 10.4. The lowest BCUT2D eigenvalue weighted by molar-refractivity contribution is -0.150. The van der Waals surface area contributed by atoms with Crippen LogP contribution in [0.25, 0.3) is 11.1 Å². The van der Waals surface area contributed by atoms with Gasteiger partial charge in [-0.05, 0) is 29.5 Å². The highest BCUT2D eigenvalue weighted by Gasteiger charge is 2.23. The second-order valence-electron chi connectivity index (χ2n) is 7.06. The Morgan fingerprint density at radius 3 is 2.36 bits per heavy atom. The van der Waals surface area contributed by atoms with E-state index in [-0.39, 0.29) is 24.5 Å². The minimum absolute atomic E-state index is 0.0502. The molecule has 1 aliphatic rings. The summed E-state index contributed by atoms with van der Waals surface area (Å²) in [5, 5.41) is 0. The number of methoxy groups -OCH3 is 1. The first kappa shape index (κ1) is 20.1. The van der Waals surface area contributed by atoms with Gasteiger partial charge < -0.3 is 14.4 Å². The van der Waals surface area contributed by atoms with Gasteiger partial charge in [0.25, 0.3) is 0 Å². The highest BCUT2D eigenvalue weighted by molar-refractivity contribution is 5.78. The highest BCUT2D eigenvalue weighted by Crippen LogP contribution is 2.24. The van der Waals surface area contributed by atoms with Crippen molar-refractivity contribution in [3.8, 4) is 11.1 Å². The van der Waals surface area contributed by atoms with Crippen molar-refractivity contribution in [1.82, 2.24) is 4.90 Å². The lowest BCUT2D eigenvalue weighted by Gasteiger charge is -2.31. The van der Waals surface area contributed by atoms with Crippen LogP contribution in [-0.2, 0) is 25.5 Å². The van der Waals surface area contributed by atoms with E-state index in [1.807, 2.05) is 54.6 Å². The molecular formula is C23H27NO4. The van der Waals surface area contributed by atoms with Gasteiger partial charge in [0.15, 0.2) is 0 Å². The normalized spacial score (nSPS) is 15.2. The molecule has 3 rings (SSSR count). The Balaban J connectivity index is 1.50. The molecule has 5 heteroatoms. The molecule has 5 nitrogen and oxygen atoms in total. The molecule has 0 radical (unpaired) electrons. The molecule has 1 aliphatic heterocycles. The van der Waals surface area contributed by atoms with Gasteiger partial charge in [0.1, 0.15) is 6.10 Å². The number of piperidine rings is 1. The van der Waals surface area contributed by atoms with E-state index in [4.69, 9.17) is 4.74 Å². The van der Waals surface area contributed by atoms with Crippen molar-refractivity contribution in [2.24, 2.45) is 0 Å². The number of hydrogen-bond donors (Lipinski definition) is 0. The number of likely N-dealkylation sites (tertiary alicyclic amines) is 1. The van der Waals surface area contributed by atoms with E-state index in [2.05, 4.69) is 9.64 Å². The average Bonchev–Trinajstić information content (AvgIpc) is 2.74. The van der Waals surface area contributed by atoms with Crippen LogP contribution in [0, 0.1) is 0 Å². The summed E-state index contributed by atoms with van der Waals surface area (Å²) in [4.78, 5) is 26.0. The quantitative estimate of drug-likeness (QED) is 0.688. The molecule has 28 heavy (non-hydrogen) atoms. The molecule has 0 aliphatic carbocycles. The topological polar surface area (TPSA) is 55.8 Å². The predicted molar refractivity (Wildman–Crippen MR) is 108 cm³/mol. The molecule has 1 saturated heterocycles. The fourth-order valence-corrected chi connectivity index (χ4v) is 3.56. The number of nitrogens with zero attached hydrogens (tertiary/aromatic N) is 1. The monoisotopic (exact) mass is 381 g/mol. The first-order chi connectivity index (χ1) is 13.7. The van der Waals surface area contributed by atoms with Crippen LogP contribution >= 0.6 is 0 Å². The van der Waals surface area contributed by atoms with Gasteiger partial charge in [-0.3, -0.25) is 9.59 Å². The van der Waals surface area contributed by atoms with E-state index in [1.165, 1.54) is 7.11 Å². The van der Waals surface area contributed by atoms with E-state index in [0.717, 1.165) is 42.6 Å². The molecule has 148 valence electrons. The Bertz CT molecular complexity index is 782.